The quantitative estimate of drug-likeness (QED) is 0.590. The summed E-state index contributed by atoms with van der Waals surface area (Å²) in [4.78, 5) is 0. The monoisotopic (exact) mass is 288 g/mol. The topological polar surface area (TPSA) is 96.0 Å². The summed E-state index contributed by atoms with van der Waals surface area (Å²) in [5.74, 6) is -0.349. The Morgan fingerprint density at radius 3 is 1.59 bits per heavy atom. The summed E-state index contributed by atoms with van der Waals surface area (Å²) >= 11 is 0. The Balaban J connectivity index is 2.44. The summed E-state index contributed by atoms with van der Waals surface area (Å²) < 4.78 is 57.8. The molecule has 0 bridgehead atoms. The minimum Gasteiger partial charge on any atom is -0.381 e. The summed E-state index contributed by atoms with van der Waals surface area (Å²) in [6, 6.07) is 0. The van der Waals surface area contributed by atoms with Crippen LogP contribution in [0.1, 0.15) is 0 Å². The molecular formula is C8H16O7S2. The Hall–Kier alpha value is -0.220. The van der Waals surface area contributed by atoms with Crippen molar-refractivity contribution in [2.24, 2.45) is 11.8 Å². The van der Waals surface area contributed by atoms with Gasteiger partial charge >= 0.3 is 0 Å². The highest BCUT2D eigenvalue weighted by Gasteiger charge is 2.30. The molecule has 2 atom stereocenters. The molecule has 9 heteroatoms. The van der Waals surface area contributed by atoms with E-state index in [0.717, 1.165) is 12.5 Å². The van der Waals surface area contributed by atoms with Crippen LogP contribution in [0, 0.1) is 11.8 Å². The minimum absolute atomic E-state index is 0.0172. The van der Waals surface area contributed by atoms with E-state index in [4.69, 9.17) is 4.74 Å². The molecule has 1 heterocycles. The predicted octanol–water partition coefficient (Wildman–Crippen LogP) is -0.799. The molecule has 0 amide bonds. The number of rotatable bonds is 6. The van der Waals surface area contributed by atoms with Gasteiger partial charge in [0.05, 0.1) is 38.9 Å². The lowest BCUT2D eigenvalue weighted by atomic mass is 9.98. The lowest BCUT2D eigenvalue weighted by Gasteiger charge is -2.15. The molecule has 102 valence electrons. The van der Waals surface area contributed by atoms with Crippen molar-refractivity contribution in [3.63, 3.8) is 0 Å². The lowest BCUT2D eigenvalue weighted by Crippen LogP contribution is -2.25. The fourth-order valence-electron chi connectivity index (χ4n) is 1.43. The normalized spacial score (nSPS) is 26.2. The Morgan fingerprint density at radius 2 is 1.29 bits per heavy atom. The van der Waals surface area contributed by atoms with E-state index >= 15 is 0 Å². The smallest absolute Gasteiger partial charge is 0.264 e. The second-order valence-electron chi connectivity index (χ2n) is 4.03. The van der Waals surface area contributed by atoms with Gasteiger partial charge in [-0.15, -0.1) is 0 Å². The Bertz CT molecular complexity index is 396. The van der Waals surface area contributed by atoms with Gasteiger partial charge < -0.3 is 4.74 Å². The Labute approximate surface area is 101 Å². The van der Waals surface area contributed by atoms with Gasteiger partial charge in [0.1, 0.15) is 0 Å². The maximum atomic E-state index is 10.8. The summed E-state index contributed by atoms with van der Waals surface area (Å²) in [5.41, 5.74) is 0. The Morgan fingerprint density at radius 1 is 0.941 bits per heavy atom. The molecule has 0 aromatic heterocycles. The third kappa shape index (κ3) is 6.32. The van der Waals surface area contributed by atoms with Crippen LogP contribution in [0.25, 0.3) is 0 Å². The highest BCUT2D eigenvalue weighted by molar-refractivity contribution is 7.86. The molecule has 0 spiro atoms. The van der Waals surface area contributed by atoms with Gasteiger partial charge in [-0.25, -0.2) is 0 Å². The summed E-state index contributed by atoms with van der Waals surface area (Å²) in [7, 11) is -6.99. The zero-order chi connectivity index (χ0) is 13.1. The zero-order valence-corrected chi connectivity index (χ0v) is 11.3. The van der Waals surface area contributed by atoms with Crippen LogP contribution < -0.4 is 0 Å². The molecule has 1 fully saturated rings. The highest BCUT2D eigenvalue weighted by Crippen LogP contribution is 2.22. The third-order valence-electron chi connectivity index (χ3n) is 2.32. The van der Waals surface area contributed by atoms with E-state index in [1.54, 1.807) is 0 Å². The van der Waals surface area contributed by atoms with Gasteiger partial charge in [0.25, 0.3) is 20.2 Å². The van der Waals surface area contributed by atoms with Gasteiger partial charge in [0.2, 0.25) is 0 Å². The highest BCUT2D eigenvalue weighted by atomic mass is 32.2. The van der Waals surface area contributed by atoms with Gasteiger partial charge in [-0.1, -0.05) is 0 Å². The molecule has 0 N–H and O–H groups in total. The molecule has 2 unspecified atom stereocenters. The van der Waals surface area contributed by atoms with Crippen molar-refractivity contribution < 1.29 is 29.9 Å². The van der Waals surface area contributed by atoms with Crippen LogP contribution >= 0.6 is 0 Å². The van der Waals surface area contributed by atoms with Crippen LogP contribution in [0.3, 0.4) is 0 Å². The zero-order valence-electron chi connectivity index (χ0n) is 9.66. The molecule has 1 rings (SSSR count). The van der Waals surface area contributed by atoms with Crippen LogP contribution in [0.4, 0.5) is 0 Å². The van der Waals surface area contributed by atoms with Crippen molar-refractivity contribution in [3.05, 3.63) is 0 Å². The standard InChI is InChI=1S/C8H16O7S2/c1-16(9,10)14-5-7-3-13-4-8(7)6-15-17(2,11)12/h7-8H,3-6H2,1-2H3. The van der Waals surface area contributed by atoms with Crippen molar-refractivity contribution in [2.45, 2.75) is 0 Å². The SMILES string of the molecule is CS(=O)(=O)OCC1COCC1COS(C)(=O)=O. The molecule has 0 saturated carbocycles. The van der Waals surface area contributed by atoms with Crippen LogP contribution in [-0.4, -0.2) is 55.8 Å². The molecule has 0 aliphatic carbocycles. The van der Waals surface area contributed by atoms with Gasteiger partial charge in [0.15, 0.2) is 0 Å². The number of hydrogen-bond donors (Lipinski definition) is 0. The fourth-order valence-corrected chi connectivity index (χ4v) is 2.28. The van der Waals surface area contributed by atoms with E-state index in [-0.39, 0.29) is 25.0 Å². The summed E-state index contributed by atoms with van der Waals surface area (Å²) in [5, 5.41) is 0. The largest absolute Gasteiger partial charge is 0.381 e. The summed E-state index contributed by atoms with van der Waals surface area (Å²) in [6.45, 7) is 0.647. The first-order valence-corrected chi connectivity index (χ1v) is 8.57. The minimum atomic E-state index is -3.49. The van der Waals surface area contributed by atoms with Crippen LogP contribution in [-0.2, 0) is 33.3 Å². The molecule has 1 aliphatic heterocycles. The van der Waals surface area contributed by atoms with Crippen molar-refractivity contribution in [1.29, 1.82) is 0 Å². The number of hydrogen-bond acceptors (Lipinski definition) is 7. The van der Waals surface area contributed by atoms with Gasteiger partial charge in [0, 0.05) is 11.8 Å². The van der Waals surface area contributed by atoms with Crippen LogP contribution in [0.2, 0.25) is 0 Å². The molecule has 0 aromatic carbocycles. The van der Waals surface area contributed by atoms with E-state index in [2.05, 4.69) is 8.37 Å². The maximum Gasteiger partial charge on any atom is 0.264 e. The van der Waals surface area contributed by atoms with E-state index in [1.165, 1.54) is 0 Å². The lowest BCUT2D eigenvalue weighted by molar-refractivity contribution is 0.167. The first-order valence-electron chi connectivity index (χ1n) is 4.94. The predicted molar refractivity (Wildman–Crippen MR) is 59.4 cm³/mol. The third-order valence-corrected chi connectivity index (χ3v) is 3.45. The maximum absolute atomic E-state index is 10.8. The molecule has 0 aromatic rings. The van der Waals surface area contributed by atoms with Gasteiger partial charge in [-0.05, 0) is 0 Å². The van der Waals surface area contributed by atoms with Gasteiger partial charge in [-0.2, -0.15) is 16.8 Å². The van der Waals surface area contributed by atoms with Crippen molar-refractivity contribution in [2.75, 3.05) is 38.9 Å². The first kappa shape index (κ1) is 14.8. The summed E-state index contributed by atoms with van der Waals surface area (Å²) in [6.07, 6.45) is 1.93. The molecule has 0 radical (unpaired) electrons. The molecule has 1 saturated heterocycles. The van der Waals surface area contributed by atoms with Crippen molar-refractivity contribution in [3.8, 4) is 0 Å². The van der Waals surface area contributed by atoms with Crippen LogP contribution in [0.15, 0.2) is 0 Å². The fraction of sp³-hybridized carbons (Fsp3) is 1.00. The van der Waals surface area contributed by atoms with E-state index in [1.807, 2.05) is 0 Å². The van der Waals surface area contributed by atoms with E-state index in [9.17, 15) is 16.8 Å². The molecule has 17 heavy (non-hydrogen) atoms. The molecular weight excluding hydrogens is 272 g/mol. The first-order chi connectivity index (χ1) is 7.67. The Kier molecular flexibility index (Phi) is 4.90. The second kappa shape index (κ2) is 5.61. The average Bonchev–Trinajstić information content (AvgIpc) is 2.56. The average molecular weight is 288 g/mol. The van der Waals surface area contributed by atoms with Crippen LogP contribution in [0.5, 0.6) is 0 Å². The molecule has 1 aliphatic rings. The van der Waals surface area contributed by atoms with Crippen molar-refractivity contribution >= 4 is 20.2 Å². The van der Waals surface area contributed by atoms with Crippen molar-refractivity contribution in [1.82, 2.24) is 0 Å². The van der Waals surface area contributed by atoms with E-state index in [0.29, 0.717) is 13.2 Å². The number of ether oxygens (including phenoxy) is 1. The molecule has 7 nitrogen and oxygen atoms in total. The van der Waals surface area contributed by atoms with Gasteiger partial charge in [-0.3, -0.25) is 8.37 Å². The van der Waals surface area contributed by atoms with E-state index < -0.39 is 20.2 Å². The second-order valence-corrected chi connectivity index (χ2v) is 7.32.